The number of carboxylic acids is 1. The lowest BCUT2D eigenvalue weighted by Gasteiger charge is -2.37. The first kappa shape index (κ1) is 13.5. The minimum Gasteiger partial charge on any atom is -0.481 e. The molecule has 2 aromatic rings. The summed E-state index contributed by atoms with van der Waals surface area (Å²) in [5.41, 5.74) is -0.451. The summed E-state index contributed by atoms with van der Waals surface area (Å²) in [4.78, 5) is 27.7. The largest absolute Gasteiger partial charge is 0.481 e. The molecule has 1 saturated carbocycles. The van der Waals surface area contributed by atoms with Gasteiger partial charge in [-0.05, 0) is 24.3 Å². The summed E-state index contributed by atoms with van der Waals surface area (Å²) in [6, 6.07) is 9.35. The molecule has 0 aliphatic heterocycles. The molecule has 0 spiro atoms. The molecule has 0 bridgehead atoms. The molecule has 2 N–H and O–H groups in total. The molecule has 5 heteroatoms. The van der Waals surface area contributed by atoms with Crippen LogP contribution in [0.4, 0.5) is 0 Å². The van der Waals surface area contributed by atoms with Crippen LogP contribution in [-0.4, -0.2) is 28.5 Å². The Morgan fingerprint density at radius 2 is 2.00 bits per heavy atom. The second-order valence-electron chi connectivity index (χ2n) is 5.50. The maximum atomic E-state index is 12.3. The zero-order valence-electron chi connectivity index (χ0n) is 11.5. The molecule has 1 heterocycles. The lowest BCUT2D eigenvalue weighted by Crippen LogP contribution is -2.47. The number of nitrogens with zero attached hydrogens (tertiary/aromatic N) is 1. The fraction of sp³-hybridized carbons (Fsp3) is 0.312. The van der Waals surface area contributed by atoms with Crippen LogP contribution in [-0.2, 0) is 4.79 Å². The Kier molecular flexibility index (Phi) is 3.33. The molecule has 1 aromatic heterocycles. The van der Waals surface area contributed by atoms with E-state index in [4.69, 9.17) is 0 Å². The third-order valence-corrected chi connectivity index (χ3v) is 4.24. The fourth-order valence-electron chi connectivity index (χ4n) is 2.70. The predicted octanol–water partition coefficient (Wildman–Crippen LogP) is 2.22. The molecule has 1 fully saturated rings. The van der Waals surface area contributed by atoms with E-state index in [1.165, 1.54) is 0 Å². The Labute approximate surface area is 122 Å². The topological polar surface area (TPSA) is 79.3 Å². The van der Waals surface area contributed by atoms with Gasteiger partial charge < -0.3 is 10.4 Å². The van der Waals surface area contributed by atoms with E-state index in [1.54, 1.807) is 6.20 Å². The minimum atomic E-state index is -0.833. The van der Waals surface area contributed by atoms with Crippen LogP contribution in [0.25, 0.3) is 10.8 Å². The molecular formula is C16H16N2O3. The Morgan fingerprint density at radius 3 is 2.67 bits per heavy atom. The number of carbonyl (C=O) groups excluding carboxylic acids is 1. The Balaban J connectivity index is 1.80. The molecular weight excluding hydrogens is 268 g/mol. The van der Waals surface area contributed by atoms with Crippen LogP contribution >= 0.6 is 0 Å². The Morgan fingerprint density at radius 1 is 1.24 bits per heavy atom. The molecule has 0 radical (unpaired) electrons. The van der Waals surface area contributed by atoms with Crippen molar-refractivity contribution >= 4 is 22.6 Å². The van der Waals surface area contributed by atoms with Crippen molar-refractivity contribution in [1.29, 1.82) is 0 Å². The van der Waals surface area contributed by atoms with Gasteiger partial charge in [-0.25, -0.2) is 0 Å². The van der Waals surface area contributed by atoms with Crippen molar-refractivity contribution in [2.45, 2.75) is 19.3 Å². The lowest BCUT2D eigenvalue weighted by molar-refractivity contribution is -0.153. The maximum Gasteiger partial charge on any atom is 0.311 e. The molecule has 1 amide bonds. The molecule has 21 heavy (non-hydrogen) atoms. The number of pyridine rings is 1. The summed E-state index contributed by atoms with van der Waals surface area (Å²) >= 11 is 0. The summed E-state index contributed by atoms with van der Waals surface area (Å²) in [6.07, 6.45) is 3.72. The highest BCUT2D eigenvalue weighted by molar-refractivity contribution is 6.05. The number of carboxylic acid groups (broad SMARTS) is 1. The van der Waals surface area contributed by atoms with Gasteiger partial charge in [-0.15, -0.1) is 0 Å². The summed E-state index contributed by atoms with van der Waals surface area (Å²) in [6.45, 7) is 0.159. The molecule has 0 atom stereocenters. The van der Waals surface area contributed by atoms with Crippen molar-refractivity contribution in [3.8, 4) is 0 Å². The fourth-order valence-corrected chi connectivity index (χ4v) is 2.70. The van der Waals surface area contributed by atoms with Crippen molar-refractivity contribution < 1.29 is 14.7 Å². The van der Waals surface area contributed by atoms with Crippen LogP contribution in [0.15, 0.2) is 36.5 Å². The van der Waals surface area contributed by atoms with Crippen molar-refractivity contribution in [1.82, 2.24) is 10.3 Å². The average molecular weight is 284 g/mol. The molecule has 0 unspecified atom stereocenters. The van der Waals surface area contributed by atoms with E-state index in [2.05, 4.69) is 10.3 Å². The number of amides is 1. The van der Waals surface area contributed by atoms with Crippen LogP contribution in [0.5, 0.6) is 0 Å². The van der Waals surface area contributed by atoms with Gasteiger partial charge in [-0.2, -0.15) is 0 Å². The van der Waals surface area contributed by atoms with Crippen LogP contribution in [0.3, 0.4) is 0 Å². The number of fused-ring (bicyclic) bond motifs is 1. The molecule has 108 valence electrons. The van der Waals surface area contributed by atoms with Gasteiger partial charge in [0.15, 0.2) is 0 Å². The Hall–Kier alpha value is -2.43. The number of rotatable bonds is 4. The second-order valence-corrected chi connectivity index (χ2v) is 5.50. The molecule has 0 saturated heterocycles. The van der Waals surface area contributed by atoms with Crippen LogP contribution in [0.2, 0.25) is 0 Å². The van der Waals surface area contributed by atoms with E-state index in [0.717, 1.165) is 17.2 Å². The average Bonchev–Trinajstić information content (AvgIpc) is 2.45. The minimum absolute atomic E-state index is 0.159. The van der Waals surface area contributed by atoms with E-state index >= 15 is 0 Å². The van der Waals surface area contributed by atoms with Crippen LogP contribution in [0, 0.1) is 5.41 Å². The number of hydrogen-bond acceptors (Lipinski definition) is 3. The maximum absolute atomic E-state index is 12.3. The smallest absolute Gasteiger partial charge is 0.311 e. The molecule has 1 aliphatic rings. The van der Waals surface area contributed by atoms with E-state index < -0.39 is 11.4 Å². The number of benzene rings is 1. The Bertz CT molecular complexity index is 702. The number of nitrogens with one attached hydrogen (secondary N) is 1. The summed E-state index contributed by atoms with van der Waals surface area (Å²) < 4.78 is 0. The summed E-state index contributed by atoms with van der Waals surface area (Å²) in [5, 5.41) is 13.7. The van der Waals surface area contributed by atoms with Gasteiger partial charge in [0.2, 0.25) is 0 Å². The zero-order chi connectivity index (χ0) is 14.9. The van der Waals surface area contributed by atoms with Gasteiger partial charge in [-0.3, -0.25) is 14.6 Å². The van der Waals surface area contributed by atoms with E-state index in [1.807, 2.05) is 30.3 Å². The summed E-state index contributed by atoms with van der Waals surface area (Å²) in [5.74, 6) is -1.15. The highest BCUT2D eigenvalue weighted by Crippen LogP contribution is 2.40. The highest BCUT2D eigenvalue weighted by Gasteiger charge is 2.44. The standard InChI is InChI=1S/C16H16N2O3/c19-14(18-10-16(15(20)21)7-3-8-16)13-12-5-2-1-4-11(12)6-9-17-13/h1-2,4-6,9H,3,7-8,10H2,(H,18,19)(H,20,21). The van der Waals surface area contributed by atoms with Gasteiger partial charge in [0.1, 0.15) is 5.69 Å². The van der Waals surface area contributed by atoms with Gasteiger partial charge in [-0.1, -0.05) is 30.7 Å². The first-order chi connectivity index (χ1) is 10.1. The van der Waals surface area contributed by atoms with Crippen LogP contribution in [0.1, 0.15) is 29.8 Å². The van der Waals surface area contributed by atoms with Crippen molar-refractivity contribution in [3.63, 3.8) is 0 Å². The van der Waals surface area contributed by atoms with Crippen molar-refractivity contribution in [2.24, 2.45) is 5.41 Å². The number of aliphatic carboxylic acids is 1. The third-order valence-electron chi connectivity index (χ3n) is 4.24. The molecule has 1 aromatic carbocycles. The van der Waals surface area contributed by atoms with Crippen molar-refractivity contribution in [2.75, 3.05) is 6.54 Å². The summed E-state index contributed by atoms with van der Waals surface area (Å²) in [7, 11) is 0. The first-order valence-corrected chi connectivity index (χ1v) is 6.98. The number of aromatic nitrogens is 1. The second kappa shape index (κ2) is 5.16. The molecule has 5 nitrogen and oxygen atoms in total. The van der Waals surface area contributed by atoms with Crippen molar-refractivity contribution in [3.05, 3.63) is 42.2 Å². The third kappa shape index (κ3) is 2.35. The van der Waals surface area contributed by atoms with Gasteiger partial charge in [0, 0.05) is 18.1 Å². The van der Waals surface area contributed by atoms with E-state index in [-0.39, 0.29) is 12.5 Å². The zero-order valence-corrected chi connectivity index (χ0v) is 11.5. The normalized spacial score (nSPS) is 16.2. The SMILES string of the molecule is O=C(NCC1(C(=O)O)CCC1)c1nccc2ccccc12. The number of hydrogen-bond donors (Lipinski definition) is 2. The van der Waals surface area contributed by atoms with E-state index in [9.17, 15) is 14.7 Å². The highest BCUT2D eigenvalue weighted by atomic mass is 16.4. The molecule has 1 aliphatic carbocycles. The number of carbonyl (C=O) groups is 2. The monoisotopic (exact) mass is 284 g/mol. The van der Waals surface area contributed by atoms with Gasteiger partial charge >= 0.3 is 5.97 Å². The first-order valence-electron chi connectivity index (χ1n) is 6.98. The quantitative estimate of drug-likeness (QED) is 0.902. The predicted molar refractivity (Wildman–Crippen MR) is 78.0 cm³/mol. The molecule has 3 rings (SSSR count). The van der Waals surface area contributed by atoms with E-state index in [0.29, 0.717) is 18.5 Å². The van der Waals surface area contributed by atoms with Gasteiger partial charge in [0.05, 0.1) is 5.41 Å². The van der Waals surface area contributed by atoms with Gasteiger partial charge in [0.25, 0.3) is 5.91 Å². The lowest BCUT2D eigenvalue weighted by atomic mass is 9.69. The van der Waals surface area contributed by atoms with Crippen LogP contribution < -0.4 is 5.32 Å².